The predicted molar refractivity (Wildman–Crippen MR) is 72.1 cm³/mol. The van der Waals surface area contributed by atoms with Crippen LogP contribution in [-0.4, -0.2) is 37.5 Å². The lowest BCUT2D eigenvalue weighted by molar-refractivity contribution is -0.122. The molecule has 0 N–H and O–H groups in total. The second-order valence-corrected chi connectivity index (χ2v) is 5.72. The van der Waals surface area contributed by atoms with Crippen molar-refractivity contribution < 1.29 is 9.53 Å². The van der Waals surface area contributed by atoms with Crippen LogP contribution in [0.3, 0.4) is 0 Å². The first-order valence-electron chi connectivity index (χ1n) is 7.12. The molecule has 0 spiro atoms. The number of carbonyl (C=O) groups excluding carboxylic acids is 1. The number of hydrogen-bond donors (Lipinski definition) is 0. The SMILES string of the molecule is CCCOCCC(C(C)=O)C1C2C=CN(C)CC21. The van der Waals surface area contributed by atoms with Gasteiger partial charge in [0, 0.05) is 32.7 Å². The van der Waals surface area contributed by atoms with Crippen molar-refractivity contribution in [3.63, 3.8) is 0 Å². The molecule has 1 saturated carbocycles. The number of ketones is 1. The summed E-state index contributed by atoms with van der Waals surface area (Å²) < 4.78 is 5.54. The summed E-state index contributed by atoms with van der Waals surface area (Å²) in [7, 11) is 2.11. The van der Waals surface area contributed by atoms with E-state index in [9.17, 15) is 4.79 Å². The van der Waals surface area contributed by atoms with Crippen molar-refractivity contribution in [3.8, 4) is 0 Å². The zero-order chi connectivity index (χ0) is 13.1. The molecule has 0 aromatic heterocycles. The lowest BCUT2D eigenvalue weighted by Crippen LogP contribution is -2.20. The molecule has 3 heteroatoms. The van der Waals surface area contributed by atoms with Crippen molar-refractivity contribution in [3.05, 3.63) is 12.3 Å². The van der Waals surface area contributed by atoms with Gasteiger partial charge in [-0.05, 0) is 43.7 Å². The van der Waals surface area contributed by atoms with Gasteiger partial charge in [-0.25, -0.2) is 0 Å². The quantitative estimate of drug-likeness (QED) is 0.650. The summed E-state index contributed by atoms with van der Waals surface area (Å²) >= 11 is 0. The molecule has 0 amide bonds. The molecule has 4 unspecified atom stereocenters. The minimum atomic E-state index is 0.202. The van der Waals surface area contributed by atoms with Crippen LogP contribution in [0, 0.1) is 23.7 Å². The largest absolute Gasteiger partial charge is 0.381 e. The first-order chi connectivity index (χ1) is 8.65. The fourth-order valence-corrected chi connectivity index (χ4v) is 3.27. The average Bonchev–Trinajstić information content (AvgIpc) is 3.01. The number of fused-ring (bicyclic) bond motifs is 1. The third kappa shape index (κ3) is 2.94. The van der Waals surface area contributed by atoms with Crippen LogP contribution < -0.4 is 0 Å². The Morgan fingerprint density at radius 2 is 2.28 bits per heavy atom. The maximum Gasteiger partial charge on any atom is 0.133 e. The molecule has 2 rings (SSSR count). The van der Waals surface area contributed by atoms with Gasteiger partial charge in [0.2, 0.25) is 0 Å². The summed E-state index contributed by atoms with van der Waals surface area (Å²) in [5.41, 5.74) is 0. The van der Waals surface area contributed by atoms with Crippen molar-refractivity contribution in [2.75, 3.05) is 26.8 Å². The first kappa shape index (κ1) is 13.6. The Morgan fingerprint density at radius 3 is 2.89 bits per heavy atom. The van der Waals surface area contributed by atoms with Crippen molar-refractivity contribution in [2.45, 2.75) is 26.7 Å². The summed E-state index contributed by atoms with van der Waals surface area (Å²) in [6, 6.07) is 0. The van der Waals surface area contributed by atoms with Gasteiger partial charge in [-0.1, -0.05) is 13.0 Å². The van der Waals surface area contributed by atoms with Gasteiger partial charge in [0.25, 0.3) is 0 Å². The monoisotopic (exact) mass is 251 g/mol. The van der Waals surface area contributed by atoms with Crippen LogP contribution >= 0.6 is 0 Å². The van der Waals surface area contributed by atoms with E-state index in [-0.39, 0.29) is 5.92 Å². The van der Waals surface area contributed by atoms with E-state index in [0.29, 0.717) is 23.5 Å². The lowest BCUT2D eigenvalue weighted by atomic mass is 9.93. The van der Waals surface area contributed by atoms with Gasteiger partial charge in [0.15, 0.2) is 0 Å². The van der Waals surface area contributed by atoms with Gasteiger partial charge in [-0.15, -0.1) is 0 Å². The molecule has 18 heavy (non-hydrogen) atoms. The fourth-order valence-electron chi connectivity index (χ4n) is 3.27. The van der Waals surface area contributed by atoms with E-state index in [1.807, 2.05) is 0 Å². The Morgan fingerprint density at radius 1 is 1.50 bits per heavy atom. The van der Waals surface area contributed by atoms with Crippen LogP contribution in [0.25, 0.3) is 0 Å². The molecule has 0 aromatic rings. The second kappa shape index (κ2) is 5.87. The van der Waals surface area contributed by atoms with Crippen molar-refractivity contribution >= 4 is 5.78 Å². The van der Waals surface area contributed by atoms with Gasteiger partial charge in [0.05, 0.1) is 0 Å². The smallest absolute Gasteiger partial charge is 0.133 e. The standard InChI is InChI=1S/C15H25NO2/c1-4-8-18-9-6-12(11(2)17)15-13-5-7-16(3)10-14(13)15/h5,7,12-15H,4,6,8-10H2,1-3H3. The predicted octanol–water partition coefficient (Wildman–Crippen LogP) is 2.33. The van der Waals surface area contributed by atoms with Gasteiger partial charge in [-0.3, -0.25) is 4.79 Å². The van der Waals surface area contributed by atoms with Crippen LogP contribution in [0.15, 0.2) is 12.3 Å². The van der Waals surface area contributed by atoms with Crippen LogP contribution in [-0.2, 0) is 9.53 Å². The Balaban J connectivity index is 1.85. The molecule has 102 valence electrons. The topological polar surface area (TPSA) is 29.5 Å². The number of nitrogens with zero attached hydrogens (tertiary/aromatic N) is 1. The molecule has 0 radical (unpaired) electrons. The Hall–Kier alpha value is -0.830. The minimum Gasteiger partial charge on any atom is -0.381 e. The molecule has 2 aliphatic rings. The summed E-state index contributed by atoms with van der Waals surface area (Å²) in [6.07, 6.45) is 6.38. The highest BCUT2D eigenvalue weighted by molar-refractivity contribution is 5.79. The van der Waals surface area contributed by atoms with Crippen molar-refractivity contribution in [1.82, 2.24) is 4.90 Å². The van der Waals surface area contributed by atoms with Crippen LogP contribution in [0.1, 0.15) is 26.7 Å². The summed E-state index contributed by atoms with van der Waals surface area (Å²) in [5.74, 6) is 2.44. The molecule has 0 saturated heterocycles. The number of carbonyl (C=O) groups is 1. The van der Waals surface area contributed by atoms with Gasteiger partial charge in [0.1, 0.15) is 5.78 Å². The summed E-state index contributed by atoms with van der Waals surface area (Å²) in [4.78, 5) is 14.0. The third-order valence-electron chi connectivity index (χ3n) is 4.26. The van der Waals surface area contributed by atoms with E-state index >= 15 is 0 Å². The van der Waals surface area contributed by atoms with E-state index in [1.165, 1.54) is 0 Å². The van der Waals surface area contributed by atoms with E-state index in [2.05, 4.69) is 31.1 Å². The summed E-state index contributed by atoms with van der Waals surface area (Å²) in [5, 5.41) is 0. The number of allylic oxidation sites excluding steroid dienone is 1. The molecule has 1 aliphatic heterocycles. The molecular formula is C15H25NO2. The highest BCUT2D eigenvalue weighted by atomic mass is 16.5. The van der Waals surface area contributed by atoms with Gasteiger partial charge >= 0.3 is 0 Å². The molecule has 3 nitrogen and oxygen atoms in total. The zero-order valence-corrected chi connectivity index (χ0v) is 11.8. The van der Waals surface area contributed by atoms with Gasteiger partial charge in [-0.2, -0.15) is 0 Å². The van der Waals surface area contributed by atoms with E-state index in [0.717, 1.165) is 32.6 Å². The van der Waals surface area contributed by atoms with Crippen molar-refractivity contribution in [1.29, 1.82) is 0 Å². The van der Waals surface area contributed by atoms with Gasteiger partial charge < -0.3 is 9.64 Å². The Labute approximate surface area is 110 Å². The van der Waals surface area contributed by atoms with Crippen molar-refractivity contribution in [2.24, 2.45) is 23.7 Å². The maximum absolute atomic E-state index is 11.8. The molecule has 1 fully saturated rings. The van der Waals surface area contributed by atoms with Crippen LogP contribution in [0.5, 0.6) is 0 Å². The highest BCUT2D eigenvalue weighted by Crippen LogP contribution is 2.54. The lowest BCUT2D eigenvalue weighted by Gasteiger charge is -2.17. The molecule has 1 aliphatic carbocycles. The highest BCUT2D eigenvalue weighted by Gasteiger charge is 2.54. The van der Waals surface area contributed by atoms with Crippen LogP contribution in [0.4, 0.5) is 0 Å². The molecule has 0 aromatic carbocycles. The molecule has 0 bridgehead atoms. The van der Waals surface area contributed by atoms with E-state index in [4.69, 9.17) is 4.74 Å². The maximum atomic E-state index is 11.8. The number of rotatable bonds is 7. The van der Waals surface area contributed by atoms with E-state index < -0.39 is 0 Å². The zero-order valence-electron chi connectivity index (χ0n) is 11.8. The number of ether oxygens (including phenoxy) is 1. The van der Waals surface area contributed by atoms with E-state index in [1.54, 1.807) is 6.92 Å². The third-order valence-corrected chi connectivity index (χ3v) is 4.26. The number of hydrogen-bond acceptors (Lipinski definition) is 3. The number of Topliss-reactive ketones (excluding diaryl/α,β-unsaturated/α-hetero) is 1. The average molecular weight is 251 g/mol. The molecular weight excluding hydrogens is 226 g/mol. The molecule has 4 atom stereocenters. The molecule has 1 heterocycles. The Kier molecular flexibility index (Phi) is 4.44. The minimum absolute atomic E-state index is 0.202. The summed E-state index contributed by atoms with van der Waals surface area (Å²) in [6.45, 7) is 6.49. The first-order valence-corrected chi connectivity index (χ1v) is 7.12. The Bertz CT molecular complexity index is 326. The second-order valence-electron chi connectivity index (χ2n) is 5.72. The normalized spacial score (nSPS) is 31.1. The van der Waals surface area contributed by atoms with Crippen LogP contribution in [0.2, 0.25) is 0 Å². The fraction of sp³-hybridized carbons (Fsp3) is 0.800.